The third-order valence-corrected chi connectivity index (χ3v) is 4.25. The molecule has 1 fully saturated rings. The maximum Gasteiger partial charge on any atom is 0.193 e. The van der Waals surface area contributed by atoms with Crippen LogP contribution >= 0.6 is 0 Å². The van der Waals surface area contributed by atoms with Crippen molar-refractivity contribution < 1.29 is 14.3 Å². The minimum absolute atomic E-state index is 0.0911. The third kappa shape index (κ3) is 4.49. The Kier molecular flexibility index (Phi) is 5.53. The fraction of sp³-hybridized carbons (Fsp3) is 0.316. The normalized spacial score (nSPS) is 15.0. The van der Waals surface area contributed by atoms with Gasteiger partial charge in [-0.3, -0.25) is 9.69 Å². The van der Waals surface area contributed by atoms with Crippen LogP contribution in [0, 0.1) is 0 Å². The van der Waals surface area contributed by atoms with Crippen LogP contribution in [-0.4, -0.2) is 50.1 Å². The van der Waals surface area contributed by atoms with E-state index in [0.717, 1.165) is 38.6 Å². The Morgan fingerprint density at radius 3 is 2.36 bits per heavy atom. The molecule has 0 atom stereocenters. The number of anilines is 2. The van der Waals surface area contributed by atoms with Gasteiger partial charge in [0.15, 0.2) is 5.78 Å². The summed E-state index contributed by atoms with van der Waals surface area (Å²) in [6.07, 6.45) is 0. The Bertz CT molecular complexity index is 725. The van der Waals surface area contributed by atoms with Crippen molar-refractivity contribution >= 4 is 17.2 Å². The van der Waals surface area contributed by atoms with E-state index in [4.69, 9.17) is 20.9 Å². The first-order valence-electron chi connectivity index (χ1n) is 8.36. The van der Waals surface area contributed by atoms with Gasteiger partial charge < -0.3 is 20.9 Å². The van der Waals surface area contributed by atoms with Crippen molar-refractivity contribution in [2.45, 2.75) is 0 Å². The lowest BCUT2D eigenvalue weighted by Crippen LogP contribution is -2.38. The van der Waals surface area contributed by atoms with Crippen LogP contribution < -0.4 is 16.2 Å². The van der Waals surface area contributed by atoms with Crippen molar-refractivity contribution in [1.29, 1.82) is 0 Å². The summed E-state index contributed by atoms with van der Waals surface area (Å²) < 4.78 is 11.1. The van der Waals surface area contributed by atoms with Gasteiger partial charge in [-0.1, -0.05) is 0 Å². The molecule has 0 aromatic heterocycles. The molecule has 0 spiro atoms. The largest absolute Gasteiger partial charge is 0.492 e. The minimum Gasteiger partial charge on any atom is -0.492 e. The van der Waals surface area contributed by atoms with Gasteiger partial charge in [0.05, 0.1) is 24.6 Å². The highest BCUT2D eigenvalue weighted by Crippen LogP contribution is 2.20. The minimum atomic E-state index is -0.0911. The van der Waals surface area contributed by atoms with E-state index in [1.807, 2.05) is 12.1 Å². The number of nitrogen functional groups attached to an aromatic ring is 2. The summed E-state index contributed by atoms with van der Waals surface area (Å²) >= 11 is 0. The predicted octanol–water partition coefficient (Wildman–Crippen LogP) is 1.79. The van der Waals surface area contributed by atoms with E-state index in [9.17, 15) is 4.79 Å². The number of carbonyl (C=O) groups excluding carboxylic acids is 1. The van der Waals surface area contributed by atoms with Gasteiger partial charge >= 0.3 is 0 Å². The summed E-state index contributed by atoms with van der Waals surface area (Å²) in [6.45, 7) is 4.94. The molecule has 1 heterocycles. The number of benzene rings is 2. The first-order valence-corrected chi connectivity index (χ1v) is 8.36. The molecule has 3 rings (SSSR count). The topological polar surface area (TPSA) is 90.8 Å². The molecule has 0 radical (unpaired) electrons. The van der Waals surface area contributed by atoms with E-state index in [2.05, 4.69) is 4.90 Å². The number of rotatable bonds is 6. The lowest BCUT2D eigenvalue weighted by molar-refractivity contribution is 0.0322. The van der Waals surface area contributed by atoms with Crippen LogP contribution in [0.5, 0.6) is 5.75 Å². The molecular formula is C19H23N3O3. The second kappa shape index (κ2) is 8.00. The van der Waals surface area contributed by atoms with E-state index in [0.29, 0.717) is 29.1 Å². The van der Waals surface area contributed by atoms with Gasteiger partial charge in [-0.2, -0.15) is 0 Å². The van der Waals surface area contributed by atoms with Crippen LogP contribution in [0.25, 0.3) is 0 Å². The van der Waals surface area contributed by atoms with Crippen molar-refractivity contribution in [2.75, 3.05) is 50.9 Å². The molecule has 0 amide bonds. The molecule has 25 heavy (non-hydrogen) atoms. The molecule has 1 aliphatic heterocycles. The molecule has 1 saturated heterocycles. The Morgan fingerprint density at radius 2 is 1.68 bits per heavy atom. The second-order valence-corrected chi connectivity index (χ2v) is 6.00. The van der Waals surface area contributed by atoms with Gasteiger partial charge in [-0.15, -0.1) is 0 Å². The first-order chi connectivity index (χ1) is 12.1. The fourth-order valence-electron chi connectivity index (χ4n) is 2.70. The zero-order valence-electron chi connectivity index (χ0n) is 14.1. The number of morpholine rings is 1. The average Bonchev–Trinajstić information content (AvgIpc) is 2.65. The number of nitrogens with two attached hydrogens (primary N) is 2. The molecule has 0 aliphatic carbocycles. The van der Waals surface area contributed by atoms with E-state index in [1.54, 1.807) is 30.3 Å². The molecule has 6 heteroatoms. The van der Waals surface area contributed by atoms with Crippen molar-refractivity contribution in [3.8, 4) is 5.75 Å². The average molecular weight is 341 g/mol. The smallest absolute Gasteiger partial charge is 0.193 e. The molecule has 0 unspecified atom stereocenters. The third-order valence-electron chi connectivity index (χ3n) is 4.25. The summed E-state index contributed by atoms with van der Waals surface area (Å²) in [7, 11) is 0. The van der Waals surface area contributed by atoms with Crippen LogP contribution in [0.3, 0.4) is 0 Å². The molecule has 2 aromatic carbocycles. The van der Waals surface area contributed by atoms with Crippen LogP contribution in [0.15, 0.2) is 42.5 Å². The van der Waals surface area contributed by atoms with Crippen molar-refractivity contribution in [1.82, 2.24) is 4.90 Å². The first kappa shape index (κ1) is 17.3. The molecule has 4 N–H and O–H groups in total. The zero-order valence-corrected chi connectivity index (χ0v) is 14.1. The van der Waals surface area contributed by atoms with E-state index in [1.165, 1.54) is 0 Å². The summed E-state index contributed by atoms with van der Waals surface area (Å²) in [5.41, 5.74) is 13.4. The van der Waals surface area contributed by atoms with Crippen molar-refractivity contribution in [2.24, 2.45) is 0 Å². The highest BCUT2D eigenvalue weighted by molar-refractivity contribution is 6.09. The monoisotopic (exact) mass is 341 g/mol. The summed E-state index contributed by atoms with van der Waals surface area (Å²) in [5, 5.41) is 0. The van der Waals surface area contributed by atoms with Gasteiger partial charge in [0.2, 0.25) is 0 Å². The molecule has 1 aliphatic rings. The molecule has 0 saturated carbocycles. The number of hydrogen-bond acceptors (Lipinski definition) is 6. The summed E-state index contributed by atoms with van der Waals surface area (Å²) in [4.78, 5) is 14.8. The van der Waals surface area contributed by atoms with Crippen molar-refractivity contribution in [3.05, 3.63) is 53.6 Å². The standard InChI is InChI=1S/C19H23N3O3/c20-17-6-3-15(13-18(17)21)19(23)14-1-4-16(5-2-14)25-12-9-22-7-10-24-11-8-22/h1-6,13H,7-12,20-21H2. The van der Waals surface area contributed by atoms with E-state index >= 15 is 0 Å². The second-order valence-electron chi connectivity index (χ2n) is 6.00. The number of nitrogens with zero attached hydrogens (tertiary/aromatic N) is 1. The van der Waals surface area contributed by atoms with E-state index < -0.39 is 0 Å². The Morgan fingerprint density at radius 1 is 1.00 bits per heavy atom. The van der Waals surface area contributed by atoms with Gasteiger partial charge in [0.25, 0.3) is 0 Å². The molecule has 0 bridgehead atoms. The zero-order chi connectivity index (χ0) is 17.6. The number of ether oxygens (including phenoxy) is 2. The lowest BCUT2D eigenvalue weighted by atomic mass is 10.0. The number of carbonyl (C=O) groups is 1. The Hall–Kier alpha value is -2.57. The van der Waals surface area contributed by atoms with Gasteiger partial charge in [0.1, 0.15) is 12.4 Å². The molecule has 6 nitrogen and oxygen atoms in total. The highest BCUT2D eigenvalue weighted by Gasteiger charge is 2.12. The van der Waals surface area contributed by atoms with Crippen LogP contribution in [0.1, 0.15) is 15.9 Å². The van der Waals surface area contributed by atoms with Crippen LogP contribution in [0.2, 0.25) is 0 Å². The van der Waals surface area contributed by atoms with Gasteiger partial charge in [0, 0.05) is 30.8 Å². The predicted molar refractivity (Wildman–Crippen MR) is 97.9 cm³/mol. The number of ketones is 1. The maximum atomic E-state index is 12.5. The number of hydrogen-bond donors (Lipinski definition) is 2. The molecule has 2 aromatic rings. The van der Waals surface area contributed by atoms with Crippen LogP contribution in [-0.2, 0) is 4.74 Å². The fourth-order valence-corrected chi connectivity index (χ4v) is 2.70. The van der Waals surface area contributed by atoms with Crippen molar-refractivity contribution in [3.63, 3.8) is 0 Å². The van der Waals surface area contributed by atoms with E-state index in [-0.39, 0.29) is 5.78 Å². The maximum absolute atomic E-state index is 12.5. The van der Waals surface area contributed by atoms with Gasteiger partial charge in [-0.25, -0.2) is 0 Å². The lowest BCUT2D eigenvalue weighted by Gasteiger charge is -2.26. The summed E-state index contributed by atoms with van der Waals surface area (Å²) in [5.74, 6) is 0.660. The quantitative estimate of drug-likeness (QED) is 0.615. The summed E-state index contributed by atoms with van der Waals surface area (Å²) in [6, 6.07) is 12.1. The Balaban J connectivity index is 1.55. The Labute approximate surface area is 147 Å². The molecular weight excluding hydrogens is 318 g/mol. The SMILES string of the molecule is Nc1ccc(C(=O)c2ccc(OCCN3CCOCC3)cc2)cc1N. The highest BCUT2D eigenvalue weighted by atomic mass is 16.5. The van der Waals surface area contributed by atoms with Gasteiger partial charge in [-0.05, 0) is 42.5 Å². The van der Waals surface area contributed by atoms with Crippen LogP contribution in [0.4, 0.5) is 11.4 Å². The molecule has 132 valence electrons.